The summed E-state index contributed by atoms with van der Waals surface area (Å²) in [7, 11) is 0. The molecule has 1 rings (SSSR count). The van der Waals surface area contributed by atoms with Crippen LogP contribution in [0.4, 0.5) is 0 Å². The van der Waals surface area contributed by atoms with Gasteiger partial charge in [0.25, 0.3) is 0 Å². The van der Waals surface area contributed by atoms with E-state index < -0.39 is 17.9 Å². The van der Waals surface area contributed by atoms with E-state index in [1.807, 2.05) is 0 Å². The Morgan fingerprint density at radius 1 is 1.05 bits per heavy atom. The lowest BCUT2D eigenvalue weighted by molar-refractivity contribution is -0.137. The van der Waals surface area contributed by atoms with Crippen molar-refractivity contribution in [3.63, 3.8) is 0 Å². The van der Waals surface area contributed by atoms with E-state index in [2.05, 4.69) is 6.58 Å². The molecule has 0 aliphatic heterocycles. The van der Waals surface area contributed by atoms with Gasteiger partial charge in [-0.1, -0.05) is 6.58 Å². The number of carbonyl (C=O) groups excluding carboxylic acids is 1. The lowest BCUT2D eigenvalue weighted by Crippen LogP contribution is -2.15. The molecule has 1 aromatic rings. The second kappa shape index (κ2) is 7.94. The van der Waals surface area contributed by atoms with Gasteiger partial charge in [-0.3, -0.25) is 0 Å². The van der Waals surface area contributed by atoms with E-state index in [1.165, 1.54) is 12.1 Å². The zero-order chi connectivity index (χ0) is 16.7. The summed E-state index contributed by atoms with van der Waals surface area (Å²) < 4.78 is 4.80. The third-order valence-electron chi connectivity index (χ3n) is 3.02. The minimum Gasteiger partial charge on any atom is -0.478 e. The van der Waals surface area contributed by atoms with Crippen LogP contribution < -0.4 is 0 Å². The zero-order valence-corrected chi connectivity index (χ0v) is 11.7. The molecule has 7 nitrogen and oxygen atoms in total. The normalized spacial score (nSPS) is 10.0. The van der Waals surface area contributed by atoms with Crippen molar-refractivity contribution in [2.45, 2.75) is 12.8 Å². The molecule has 22 heavy (non-hydrogen) atoms. The fourth-order valence-corrected chi connectivity index (χ4v) is 2.09. The lowest BCUT2D eigenvalue weighted by atomic mass is 9.92. The summed E-state index contributed by atoms with van der Waals surface area (Å²) in [4.78, 5) is 33.5. The van der Waals surface area contributed by atoms with Crippen LogP contribution in [0.1, 0.15) is 31.8 Å². The van der Waals surface area contributed by atoms with Gasteiger partial charge in [0.15, 0.2) is 0 Å². The highest BCUT2D eigenvalue weighted by Crippen LogP contribution is 2.22. The van der Waals surface area contributed by atoms with Crippen LogP contribution in [-0.4, -0.2) is 46.4 Å². The average molecular weight is 308 g/mol. The van der Waals surface area contributed by atoms with Gasteiger partial charge < -0.3 is 20.1 Å². The first-order valence-corrected chi connectivity index (χ1v) is 6.43. The number of benzene rings is 1. The van der Waals surface area contributed by atoms with Crippen LogP contribution in [0.2, 0.25) is 0 Å². The zero-order valence-electron chi connectivity index (χ0n) is 11.7. The highest BCUT2D eigenvalue weighted by atomic mass is 16.5. The van der Waals surface area contributed by atoms with Gasteiger partial charge >= 0.3 is 17.9 Å². The van der Waals surface area contributed by atoms with E-state index in [4.69, 9.17) is 9.84 Å². The number of aromatic carboxylic acids is 2. The molecule has 3 N–H and O–H groups in total. The van der Waals surface area contributed by atoms with E-state index in [9.17, 15) is 24.6 Å². The molecule has 0 spiro atoms. The number of aliphatic hydroxyl groups excluding tert-OH is 1. The smallest absolute Gasteiger partial charge is 0.335 e. The van der Waals surface area contributed by atoms with Gasteiger partial charge in [0.05, 0.1) is 17.7 Å². The maximum Gasteiger partial charge on any atom is 0.335 e. The van der Waals surface area contributed by atoms with Gasteiger partial charge in [-0.2, -0.15) is 0 Å². The van der Waals surface area contributed by atoms with E-state index in [0.29, 0.717) is 0 Å². The number of aliphatic hydroxyl groups is 1. The number of hydrogen-bond donors (Lipinski definition) is 3. The second-order valence-electron chi connectivity index (χ2n) is 4.32. The molecule has 0 saturated carbocycles. The minimum atomic E-state index is -1.22. The van der Waals surface area contributed by atoms with Crippen LogP contribution in [0.5, 0.6) is 0 Å². The van der Waals surface area contributed by atoms with Gasteiger partial charge in [-0.15, -0.1) is 0 Å². The largest absolute Gasteiger partial charge is 0.478 e. The van der Waals surface area contributed by atoms with Crippen molar-refractivity contribution < 1.29 is 34.4 Å². The average Bonchev–Trinajstić information content (AvgIpc) is 2.47. The van der Waals surface area contributed by atoms with Crippen molar-refractivity contribution in [3.05, 3.63) is 47.0 Å². The summed E-state index contributed by atoms with van der Waals surface area (Å²) in [5.41, 5.74) is 0.301. The van der Waals surface area contributed by atoms with E-state index in [0.717, 1.165) is 6.08 Å². The Kier molecular flexibility index (Phi) is 6.27. The van der Waals surface area contributed by atoms with E-state index in [1.54, 1.807) is 0 Å². The Morgan fingerprint density at radius 2 is 1.55 bits per heavy atom. The molecule has 0 aliphatic rings. The summed E-state index contributed by atoms with van der Waals surface area (Å²) in [6, 6.07) is 2.38. The van der Waals surface area contributed by atoms with Crippen LogP contribution in [0, 0.1) is 0 Å². The number of carboxylic acids is 2. The molecule has 0 heterocycles. The second-order valence-corrected chi connectivity index (χ2v) is 4.32. The third kappa shape index (κ3) is 4.16. The molecule has 7 heteroatoms. The monoisotopic (exact) mass is 308 g/mol. The van der Waals surface area contributed by atoms with Crippen LogP contribution >= 0.6 is 0 Å². The van der Waals surface area contributed by atoms with Crippen molar-refractivity contribution in [1.29, 1.82) is 0 Å². The van der Waals surface area contributed by atoms with Crippen molar-refractivity contribution in [2.24, 2.45) is 0 Å². The van der Waals surface area contributed by atoms with Gasteiger partial charge in [0, 0.05) is 19.1 Å². The SMILES string of the molecule is C=CC(=O)OCCc1c(C(=O)O)ccc(C(=O)O)c1CCO. The summed E-state index contributed by atoms with van der Waals surface area (Å²) in [6.07, 6.45) is 0.992. The molecule has 0 bridgehead atoms. The van der Waals surface area contributed by atoms with Crippen LogP contribution in [-0.2, 0) is 22.4 Å². The summed E-state index contributed by atoms with van der Waals surface area (Å²) in [5.74, 6) is -3.10. The first-order chi connectivity index (χ1) is 10.4. The molecule has 0 aromatic heterocycles. The van der Waals surface area contributed by atoms with E-state index >= 15 is 0 Å². The number of rotatable bonds is 8. The number of esters is 1. The molecule has 0 saturated heterocycles. The Morgan fingerprint density at radius 3 is 1.95 bits per heavy atom. The van der Waals surface area contributed by atoms with Crippen molar-refractivity contribution in [3.8, 4) is 0 Å². The first-order valence-electron chi connectivity index (χ1n) is 6.43. The lowest BCUT2D eigenvalue weighted by Gasteiger charge is -2.15. The van der Waals surface area contributed by atoms with Crippen LogP contribution in [0.25, 0.3) is 0 Å². The molecule has 0 radical (unpaired) electrons. The molecule has 0 fully saturated rings. The van der Waals surface area contributed by atoms with Gasteiger partial charge in [-0.25, -0.2) is 14.4 Å². The van der Waals surface area contributed by atoms with Gasteiger partial charge in [0.2, 0.25) is 0 Å². The van der Waals surface area contributed by atoms with Gasteiger partial charge in [0.1, 0.15) is 0 Å². The van der Waals surface area contributed by atoms with Crippen LogP contribution in [0.15, 0.2) is 24.8 Å². The minimum absolute atomic E-state index is 0.00646. The predicted octanol–water partition coefficient (Wildman–Crippen LogP) is 0.890. The standard InChI is InChI=1S/C15H16O7/c1-2-13(17)22-8-6-10-9(5-7-16)11(14(18)19)3-4-12(10)15(20)21/h2-4,16H,1,5-8H2,(H,18,19)(H,20,21). The fraction of sp³-hybridized carbons (Fsp3) is 0.267. The molecule has 0 atom stereocenters. The number of carbonyl (C=O) groups is 3. The van der Waals surface area contributed by atoms with Crippen molar-refractivity contribution in [2.75, 3.05) is 13.2 Å². The number of carboxylic acid groups (broad SMARTS) is 2. The number of hydrogen-bond acceptors (Lipinski definition) is 5. The van der Waals surface area contributed by atoms with E-state index in [-0.39, 0.29) is 48.3 Å². The highest BCUT2D eigenvalue weighted by Gasteiger charge is 2.20. The molecule has 0 unspecified atom stereocenters. The molecular formula is C15H16O7. The predicted molar refractivity (Wildman–Crippen MR) is 76.0 cm³/mol. The maximum absolute atomic E-state index is 11.3. The third-order valence-corrected chi connectivity index (χ3v) is 3.02. The van der Waals surface area contributed by atoms with Gasteiger partial charge in [-0.05, 0) is 29.7 Å². The number of ether oxygens (including phenoxy) is 1. The maximum atomic E-state index is 11.3. The Hall–Kier alpha value is -2.67. The molecule has 0 aliphatic carbocycles. The fourth-order valence-electron chi connectivity index (χ4n) is 2.09. The summed E-state index contributed by atoms with van der Waals surface area (Å²) in [5, 5.41) is 27.5. The Bertz CT molecular complexity index is 604. The Labute approximate surface area is 126 Å². The first kappa shape index (κ1) is 17.4. The topological polar surface area (TPSA) is 121 Å². The van der Waals surface area contributed by atoms with Crippen LogP contribution in [0.3, 0.4) is 0 Å². The molecule has 0 amide bonds. The highest BCUT2D eigenvalue weighted by molar-refractivity contribution is 5.95. The molecular weight excluding hydrogens is 292 g/mol. The molecule has 1 aromatic carbocycles. The molecule has 118 valence electrons. The Balaban J connectivity index is 3.24. The van der Waals surface area contributed by atoms with Crippen molar-refractivity contribution in [1.82, 2.24) is 0 Å². The van der Waals surface area contributed by atoms with Crippen molar-refractivity contribution >= 4 is 17.9 Å². The summed E-state index contributed by atoms with van der Waals surface area (Å²) >= 11 is 0. The quantitative estimate of drug-likeness (QED) is 0.481. The summed E-state index contributed by atoms with van der Waals surface area (Å²) in [6.45, 7) is 2.79.